The van der Waals surface area contributed by atoms with E-state index in [1.807, 2.05) is 0 Å². The van der Waals surface area contributed by atoms with Crippen molar-refractivity contribution in [3.63, 3.8) is 0 Å². The van der Waals surface area contributed by atoms with Gasteiger partial charge in [0.25, 0.3) is 5.91 Å². The Kier molecular flexibility index (Phi) is 14.4. The Balaban J connectivity index is 1.95. The Morgan fingerprint density at radius 3 is 1.95 bits per heavy atom. The predicted octanol–water partition coefficient (Wildman–Crippen LogP) is 0.295. The number of Topliss-reactive ketones (excluding diaryl/α,β-unsaturated/α-hetero) is 2. The van der Waals surface area contributed by atoms with Crippen molar-refractivity contribution in [2.75, 3.05) is 0 Å². The third-order valence-corrected chi connectivity index (χ3v) is 11.2. The van der Waals surface area contributed by atoms with Crippen molar-refractivity contribution in [2.45, 2.75) is 123 Å². The summed E-state index contributed by atoms with van der Waals surface area (Å²) >= 11 is 0. The fraction of sp³-hybridized carbons (Fsp3) is 0.575. The fourth-order valence-corrected chi connectivity index (χ4v) is 7.25. The first-order chi connectivity index (χ1) is 26.5. The molecular formula is C40H53NO16. The van der Waals surface area contributed by atoms with Crippen molar-refractivity contribution in [3.05, 3.63) is 57.8 Å². The lowest BCUT2D eigenvalue weighted by Gasteiger charge is -2.39. The highest BCUT2D eigenvalue weighted by Gasteiger charge is 2.46. The van der Waals surface area contributed by atoms with Gasteiger partial charge < -0.3 is 60.4 Å². The molecule has 1 aromatic rings. The minimum Gasteiger partial charge on any atom is -0.507 e. The number of aliphatic hydroxyl groups is 7. The van der Waals surface area contributed by atoms with Crippen molar-refractivity contribution < 1.29 is 79.0 Å². The molecule has 14 atom stereocenters. The Bertz CT molecular complexity index is 1850. The average Bonchev–Trinajstić information content (AvgIpc) is 3.16. The van der Waals surface area contributed by atoms with Gasteiger partial charge in [-0.15, -0.1) is 0 Å². The van der Waals surface area contributed by atoms with E-state index in [0.717, 1.165) is 6.92 Å². The van der Waals surface area contributed by atoms with E-state index in [-0.39, 0.29) is 11.1 Å². The summed E-state index contributed by atoms with van der Waals surface area (Å²) in [5, 5.41) is 90.5. The number of nitrogens with one attached hydrogen (secondary N) is 1. The molecule has 17 heteroatoms. The molecule has 4 aliphatic rings. The van der Waals surface area contributed by atoms with E-state index in [2.05, 4.69) is 5.32 Å². The summed E-state index contributed by atoms with van der Waals surface area (Å²) in [6.45, 7) is 11.1. The van der Waals surface area contributed by atoms with Gasteiger partial charge in [0.05, 0.1) is 47.3 Å². The number of hydrogen-bond donors (Lipinski definition) is 9. The maximum Gasteiger partial charge on any atom is 0.343 e. The number of carbonyl (C=O) groups excluding carboxylic acids is 5. The van der Waals surface area contributed by atoms with Crippen LogP contribution in [0.25, 0.3) is 0 Å². The van der Waals surface area contributed by atoms with E-state index in [1.165, 1.54) is 46.8 Å². The number of esters is 1. The van der Waals surface area contributed by atoms with Gasteiger partial charge in [-0.2, -0.15) is 0 Å². The first-order valence-corrected chi connectivity index (χ1v) is 18.7. The first-order valence-electron chi connectivity index (χ1n) is 18.7. The Labute approximate surface area is 329 Å². The van der Waals surface area contributed by atoms with Crippen molar-refractivity contribution in [1.82, 2.24) is 5.32 Å². The van der Waals surface area contributed by atoms with Crippen molar-refractivity contribution in [2.24, 2.45) is 23.7 Å². The average molecular weight is 804 g/mol. The molecule has 3 aliphatic heterocycles. The lowest BCUT2D eigenvalue weighted by molar-refractivity contribution is -0.268. The third kappa shape index (κ3) is 9.21. The summed E-state index contributed by atoms with van der Waals surface area (Å²) in [7, 11) is 0. The van der Waals surface area contributed by atoms with Crippen molar-refractivity contribution >= 4 is 29.2 Å². The predicted molar refractivity (Wildman–Crippen MR) is 199 cm³/mol. The summed E-state index contributed by atoms with van der Waals surface area (Å²) in [6, 6.07) is 0. The number of phenols is 1. The zero-order chi connectivity index (χ0) is 43.0. The molecule has 57 heavy (non-hydrogen) atoms. The number of amides is 1. The molecular weight excluding hydrogens is 750 g/mol. The largest absolute Gasteiger partial charge is 0.507 e. The molecule has 0 radical (unpaired) electrons. The van der Waals surface area contributed by atoms with E-state index in [4.69, 9.17) is 14.2 Å². The van der Waals surface area contributed by atoms with E-state index >= 15 is 0 Å². The second-order valence-corrected chi connectivity index (χ2v) is 15.4. The second kappa shape index (κ2) is 18.1. The van der Waals surface area contributed by atoms with Crippen molar-refractivity contribution in [3.8, 4) is 11.5 Å². The fourth-order valence-electron chi connectivity index (χ4n) is 7.25. The molecule has 1 aromatic carbocycles. The van der Waals surface area contributed by atoms with Gasteiger partial charge in [-0.3, -0.25) is 19.2 Å². The van der Waals surface area contributed by atoms with Crippen LogP contribution in [0.5, 0.6) is 11.5 Å². The Morgan fingerprint density at radius 1 is 0.772 bits per heavy atom. The van der Waals surface area contributed by atoms with E-state index < -0.39 is 154 Å². The number of ketones is 3. The topological polar surface area (TPSA) is 287 Å². The molecule has 1 aliphatic carbocycles. The normalized spacial score (nSPS) is 36.0. The third-order valence-electron chi connectivity index (χ3n) is 11.2. The summed E-state index contributed by atoms with van der Waals surface area (Å²) in [4.78, 5) is 68.1. The van der Waals surface area contributed by atoms with Crippen LogP contribution in [0.3, 0.4) is 0 Å². The molecule has 1 saturated heterocycles. The highest BCUT2D eigenvalue weighted by atomic mass is 16.7. The molecule has 0 aromatic heterocycles. The van der Waals surface area contributed by atoms with Crippen LogP contribution in [0.4, 0.5) is 0 Å². The van der Waals surface area contributed by atoms with Crippen LogP contribution in [0.15, 0.2) is 35.6 Å². The van der Waals surface area contributed by atoms with Gasteiger partial charge in [-0.1, -0.05) is 45.9 Å². The molecule has 1 fully saturated rings. The number of carbonyl (C=O) groups is 5. The SMILES string of the molecule is CC(=O)CC1OC(=O)c2c(OC3OC(C)C(O)C(O)C3O)c(C)c(O)c3c2C(=O)C=C(NC(=O)C(C)=CC=CC(C)C(O)C(C)C(O)C(C)C(O)C(C)C1O)C3=O. The lowest BCUT2D eigenvalue weighted by atomic mass is 9.77. The molecule has 5 rings (SSSR count). The quantitative estimate of drug-likeness (QED) is 0.185. The van der Waals surface area contributed by atoms with Crippen LogP contribution in [-0.4, -0.2) is 131 Å². The van der Waals surface area contributed by atoms with Gasteiger partial charge in [-0.05, 0) is 27.7 Å². The zero-order valence-electron chi connectivity index (χ0n) is 32.9. The molecule has 14 unspecified atom stereocenters. The molecule has 0 saturated carbocycles. The Morgan fingerprint density at radius 2 is 1.35 bits per heavy atom. The van der Waals surface area contributed by atoms with Gasteiger partial charge in [0.1, 0.15) is 47.3 Å². The Hall–Kier alpha value is -4.33. The van der Waals surface area contributed by atoms with Gasteiger partial charge in [0.2, 0.25) is 12.1 Å². The standard InChI is InChI=1S/C40H53NO16/c1-14-10-9-11-15(2)38(53)41-22-13-23(43)25-26(34(22)50)32(48)20(7)37(57-40-36(52)35(51)33(49)21(8)55-40)27(25)39(54)56-24(12-16(3)42)31(47)19(6)30(46)18(5)29(45)17(4)28(14)44/h9-11,13-14,17-19,21,24,28-31,33,35-36,40,44-49,51-52H,12H2,1-8H3,(H,41,53). The first kappa shape index (κ1) is 45.4. The van der Waals surface area contributed by atoms with E-state index in [0.29, 0.717) is 6.08 Å². The van der Waals surface area contributed by atoms with E-state index in [1.54, 1.807) is 19.9 Å². The molecule has 4 bridgehead atoms. The molecule has 1 amide bonds. The van der Waals surface area contributed by atoms with Crippen LogP contribution < -0.4 is 10.1 Å². The number of aliphatic hydroxyl groups excluding tert-OH is 7. The number of rotatable bonds is 4. The number of fused-ring (bicyclic) bond motifs is 15. The highest BCUT2D eigenvalue weighted by molar-refractivity contribution is 6.29. The molecule has 3 heterocycles. The summed E-state index contributed by atoms with van der Waals surface area (Å²) in [6.07, 6.45) is -11.4. The van der Waals surface area contributed by atoms with Crippen LogP contribution in [0.1, 0.15) is 91.5 Å². The van der Waals surface area contributed by atoms with Crippen LogP contribution in [0, 0.1) is 30.6 Å². The monoisotopic (exact) mass is 803 g/mol. The number of ether oxygens (including phenoxy) is 3. The van der Waals surface area contributed by atoms with Gasteiger partial charge >= 0.3 is 5.97 Å². The van der Waals surface area contributed by atoms with E-state index in [9.17, 15) is 64.8 Å². The van der Waals surface area contributed by atoms with Crippen LogP contribution in [0.2, 0.25) is 0 Å². The summed E-state index contributed by atoms with van der Waals surface area (Å²) < 4.78 is 17.1. The molecule has 0 spiro atoms. The number of aromatic hydroxyl groups is 1. The highest BCUT2D eigenvalue weighted by Crippen LogP contribution is 2.43. The number of hydrogen-bond acceptors (Lipinski definition) is 16. The minimum absolute atomic E-state index is 0.0527. The second-order valence-electron chi connectivity index (χ2n) is 15.4. The molecule has 9 N–H and O–H groups in total. The molecule has 314 valence electrons. The van der Waals surface area contributed by atoms with Gasteiger partial charge in [0.15, 0.2) is 5.78 Å². The van der Waals surface area contributed by atoms with Crippen LogP contribution >= 0.6 is 0 Å². The maximum absolute atomic E-state index is 14.4. The lowest BCUT2D eigenvalue weighted by Crippen LogP contribution is -2.58. The number of benzene rings is 1. The van der Waals surface area contributed by atoms with Gasteiger partial charge in [-0.25, -0.2) is 4.79 Å². The smallest absolute Gasteiger partial charge is 0.343 e. The van der Waals surface area contributed by atoms with Crippen molar-refractivity contribution in [1.29, 1.82) is 0 Å². The zero-order valence-corrected chi connectivity index (χ0v) is 32.9. The number of allylic oxidation sites excluding steroid dienone is 4. The maximum atomic E-state index is 14.4. The van der Waals surface area contributed by atoms with Crippen LogP contribution in [-0.2, 0) is 19.1 Å². The summed E-state index contributed by atoms with van der Waals surface area (Å²) in [5.41, 5.74) is -3.27. The summed E-state index contributed by atoms with van der Waals surface area (Å²) in [5.74, 6) is -10.3. The molecule has 17 nitrogen and oxygen atoms in total. The minimum atomic E-state index is -1.96. The number of phenolic OH excluding ortho intramolecular Hbond substituents is 1. The van der Waals surface area contributed by atoms with Gasteiger partial charge in [0, 0.05) is 47.3 Å².